The summed E-state index contributed by atoms with van der Waals surface area (Å²) in [5.74, 6) is 2.07. The molecule has 1 fully saturated rings. The van der Waals surface area contributed by atoms with Crippen LogP contribution in [-0.2, 0) is 0 Å². The van der Waals surface area contributed by atoms with Crippen molar-refractivity contribution in [1.29, 1.82) is 0 Å². The van der Waals surface area contributed by atoms with Crippen molar-refractivity contribution in [3.63, 3.8) is 0 Å². The molecule has 2 heterocycles. The van der Waals surface area contributed by atoms with Crippen molar-refractivity contribution in [2.75, 3.05) is 59.3 Å². The second kappa shape index (κ2) is 10.9. The molecule has 1 atom stereocenters. The molecule has 9 heteroatoms. The molecule has 2 N–H and O–H groups in total. The molecular weight excluding hydrogens is 371 g/mol. The van der Waals surface area contributed by atoms with Gasteiger partial charge in [-0.05, 0) is 12.1 Å². The number of β-amino-alcohol motifs (C(OH)–C–C–N with tert-alkyl or cyclic N) is 2. The predicted octanol–water partition coefficient (Wildman–Crippen LogP) is 0.609. The van der Waals surface area contributed by atoms with Crippen LogP contribution in [0.3, 0.4) is 0 Å². The third-order valence-electron chi connectivity index (χ3n) is 4.14. The van der Waals surface area contributed by atoms with Crippen LogP contribution in [0.15, 0.2) is 18.2 Å². The van der Waals surface area contributed by atoms with E-state index in [1.165, 1.54) is 0 Å². The lowest BCUT2D eigenvalue weighted by Gasteiger charge is -2.35. The minimum absolute atomic E-state index is 0. The number of aliphatic hydroxyl groups is 2. The van der Waals surface area contributed by atoms with Crippen LogP contribution in [0.4, 0.5) is 0 Å². The normalized spacial score (nSPS) is 18.2. The molecule has 144 valence electrons. The lowest BCUT2D eigenvalue weighted by atomic mass is 10.2. The number of hydrogen-bond donors (Lipinski definition) is 2. The van der Waals surface area contributed by atoms with Gasteiger partial charge in [-0.25, -0.2) is 0 Å². The Balaban J connectivity index is 0.00000156. The summed E-state index contributed by atoms with van der Waals surface area (Å²) in [6.07, 6.45) is -0.537. The van der Waals surface area contributed by atoms with Crippen molar-refractivity contribution in [2.45, 2.75) is 6.10 Å². The number of aliphatic hydroxyl groups excluding tert-OH is 2. The number of piperazine rings is 1. The Kier molecular flexibility index (Phi) is 9.63. The van der Waals surface area contributed by atoms with Gasteiger partial charge in [0.05, 0.1) is 6.61 Å². The third-order valence-corrected chi connectivity index (χ3v) is 4.14. The largest absolute Gasteiger partial charge is 0.491 e. The SMILES string of the molecule is Cl.Cl.OCCN1CCN(CC(O)COc2ccc3c(c2)OCO3)CC1. The first-order valence-corrected chi connectivity index (χ1v) is 8.00. The zero-order chi connectivity index (χ0) is 16.1. The van der Waals surface area contributed by atoms with Gasteiger partial charge in [-0.15, -0.1) is 24.8 Å². The standard InChI is InChI=1S/C16H24N2O5.2ClH/c19-8-7-17-3-5-18(6-4-17)10-13(20)11-21-14-1-2-15-16(9-14)23-12-22-15;;/h1-2,9,13,19-20H,3-8,10-12H2;2*1H. The lowest BCUT2D eigenvalue weighted by Crippen LogP contribution is -2.49. The molecule has 1 aromatic rings. The molecular formula is C16H26Cl2N2O5. The zero-order valence-corrected chi connectivity index (χ0v) is 15.6. The summed E-state index contributed by atoms with van der Waals surface area (Å²) in [6, 6.07) is 5.40. The van der Waals surface area contributed by atoms with Gasteiger partial charge in [0.1, 0.15) is 18.5 Å². The number of ether oxygens (including phenoxy) is 3. The Labute approximate surface area is 160 Å². The first kappa shape index (κ1) is 22.1. The summed E-state index contributed by atoms with van der Waals surface area (Å²) in [6.45, 7) is 5.67. The molecule has 7 nitrogen and oxygen atoms in total. The monoisotopic (exact) mass is 396 g/mol. The molecule has 0 bridgehead atoms. The van der Waals surface area contributed by atoms with E-state index in [1.54, 1.807) is 6.07 Å². The summed E-state index contributed by atoms with van der Waals surface area (Å²) >= 11 is 0. The summed E-state index contributed by atoms with van der Waals surface area (Å²) in [5, 5.41) is 19.1. The van der Waals surface area contributed by atoms with E-state index in [0.717, 1.165) is 38.5 Å². The molecule has 2 aliphatic heterocycles. The van der Waals surface area contributed by atoms with E-state index in [9.17, 15) is 5.11 Å². The molecule has 2 aliphatic rings. The molecule has 0 aliphatic carbocycles. The molecule has 0 aromatic heterocycles. The number of benzene rings is 1. The van der Waals surface area contributed by atoms with Crippen molar-refractivity contribution in [2.24, 2.45) is 0 Å². The van der Waals surface area contributed by atoms with Crippen LogP contribution in [0.25, 0.3) is 0 Å². The van der Waals surface area contributed by atoms with Crippen molar-refractivity contribution in [3.8, 4) is 17.2 Å². The number of fused-ring (bicyclic) bond motifs is 1. The van der Waals surface area contributed by atoms with Crippen LogP contribution < -0.4 is 14.2 Å². The van der Waals surface area contributed by atoms with Crippen molar-refractivity contribution >= 4 is 24.8 Å². The second-order valence-corrected chi connectivity index (χ2v) is 5.85. The van der Waals surface area contributed by atoms with Crippen LogP contribution in [0.1, 0.15) is 0 Å². The van der Waals surface area contributed by atoms with Crippen LogP contribution in [0.5, 0.6) is 17.2 Å². The van der Waals surface area contributed by atoms with Gasteiger partial charge in [0.15, 0.2) is 11.5 Å². The van der Waals surface area contributed by atoms with Gasteiger partial charge in [0, 0.05) is 45.3 Å². The number of halogens is 2. The first-order valence-electron chi connectivity index (χ1n) is 8.00. The number of rotatable bonds is 7. The van der Waals surface area contributed by atoms with E-state index in [0.29, 0.717) is 18.0 Å². The average molecular weight is 397 g/mol. The lowest BCUT2D eigenvalue weighted by molar-refractivity contribution is 0.0428. The fourth-order valence-electron chi connectivity index (χ4n) is 2.85. The van der Waals surface area contributed by atoms with Crippen molar-refractivity contribution in [1.82, 2.24) is 9.80 Å². The van der Waals surface area contributed by atoms with E-state index in [-0.39, 0.29) is 44.8 Å². The summed E-state index contributed by atoms with van der Waals surface area (Å²) in [4.78, 5) is 4.45. The molecule has 0 radical (unpaired) electrons. The smallest absolute Gasteiger partial charge is 0.231 e. The van der Waals surface area contributed by atoms with Gasteiger partial charge < -0.3 is 24.4 Å². The van der Waals surface area contributed by atoms with E-state index < -0.39 is 6.10 Å². The average Bonchev–Trinajstić information content (AvgIpc) is 3.03. The van der Waals surface area contributed by atoms with Gasteiger partial charge in [-0.2, -0.15) is 0 Å². The second-order valence-electron chi connectivity index (χ2n) is 5.85. The summed E-state index contributed by atoms with van der Waals surface area (Å²) in [7, 11) is 0. The van der Waals surface area contributed by atoms with Crippen molar-refractivity contribution < 1.29 is 24.4 Å². The minimum atomic E-state index is -0.537. The van der Waals surface area contributed by atoms with Crippen LogP contribution in [0, 0.1) is 0 Å². The Morgan fingerprint density at radius 1 is 1.04 bits per heavy atom. The maximum Gasteiger partial charge on any atom is 0.231 e. The highest BCUT2D eigenvalue weighted by atomic mass is 35.5. The third kappa shape index (κ3) is 6.36. The Bertz CT molecular complexity index is 515. The number of hydrogen-bond acceptors (Lipinski definition) is 7. The van der Waals surface area contributed by atoms with Crippen LogP contribution in [-0.4, -0.2) is 85.4 Å². The highest BCUT2D eigenvalue weighted by Crippen LogP contribution is 2.35. The van der Waals surface area contributed by atoms with Gasteiger partial charge in [0.25, 0.3) is 0 Å². The van der Waals surface area contributed by atoms with Gasteiger partial charge in [-0.1, -0.05) is 0 Å². The molecule has 0 spiro atoms. The first-order chi connectivity index (χ1) is 11.2. The van der Waals surface area contributed by atoms with Crippen LogP contribution in [0.2, 0.25) is 0 Å². The van der Waals surface area contributed by atoms with E-state index in [4.69, 9.17) is 19.3 Å². The molecule has 0 amide bonds. The minimum Gasteiger partial charge on any atom is -0.491 e. The maximum atomic E-state index is 10.1. The fourth-order valence-corrected chi connectivity index (χ4v) is 2.85. The molecule has 0 saturated carbocycles. The van der Waals surface area contributed by atoms with Gasteiger partial charge in [-0.3, -0.25) is 9.80 Å². The Morgan fingerprint density at radius 2 is 1.72 bits per heavy atom. The quantitative estimate of drug-likeness (QED) is 0.699. The molecule has 1 aromatic carbocycles. The van der Waals surface area contributed by atoms with E-state index >= 15 is 0 Å². The number of nitrogens with zero attached hydrogens (tertiary/aromatic N) is 2. The maximum absolute atomic E-state index is 10.1. The van der Waals surface area contributed by atoms with E-state index in [1.807, 2.05) is 12.1 Å². The van der Waals surface area contributed by atoms with E-state index in [2.05, 4.69) is 9.80 Å². The van der Waals surface area contributed by atoms with Gasteiger partial charge in [0.2, 0.25) is 6.79 Å². The summed E-state index contributed by atoms with van der Waals surface area (Å²) < 4.78 is 16.2. The Morgan fingerprint density at radius 3 is 2.44 bits per heavy atom. The Hall–Kier alpha value is -0.960. The topological polar surface area (TPSA) is 74.6 Å². The summed E-state index contributed by atoms with van der Waals surface area (Å²) in [5.41, 5.74) is 0. The zero-order valence-electron chi connectivity index (χ0n) is 14.0. The fraction of sp³-hybridized carbons (Fsp3) is 0.625. The molecule has 25 heavy (non-hydrogen) atoms. The molecule has 1 saturated heterocycles. The highest BCUT2D eigenvalue weighted by molar-refractivity contribution is 5.85. The van der Waals surface area contributed by atoms with Gasteiger partial charge >= 0.3 is 0 Å². The molecule has 1 unspecified atom stereocenters. The van der Waals surface area contributed by atoms with Crippen molar-refractivity contribution in [3.05, 3.63) is 18.2 Å². The molecule has 3 rings (SSSR count). The highest BCUT2D eigenvalue weighted by Gasteiger charge is 2.19. The van der Waals surface area contributed by atoms with Crippen LogP contribution >= 0.6 is 24.8 Å². The predicted molar refractivity (Wildman–Crippen MR) is 98.5 cm³/mol.